The first-order chi connectivity index (χ1) is 7.31. The Balaban J connectivity index is 2.12. The number of Topliss-reactive ketones (excluding diaryl/α,β-unsaturated/α-hetero) is 1. The zero-order chi connectivity index (χ0) is 10.7. The molecule has 0 saturated heterocycles. The second-order valence-electron chi connectivity index (χ2n) is 4.23. The van der Waals surface area contributed by atoms with Crippen molar-refractivity contribution in [3.05, 3.63) is 35.4 Å². The van der Waals surface area contributed by atoms with Crippen molar-refractivity contribution in [1.82, 2.24) is 0 Å². The van der Waals surface area contributed by atoms with Crippen LogP contribution in [0.5, 0.6) is 0 Å². The van der Waals surface area contributed by atoms with Crippen molar-refractivity contribution < 1.29 is 4.79 Å². The third-order valence-corrected chi connectivity index (χ3v) is 3.24. The van der Waals surface area contributed by atoms with Gasteiger partial charge in [-0.1, -0.05) is 37.1 Å². The van der Waals surface area contributed by atoms with E-state index in [0.717, 1.165) is 5.56 Å². The lowest BCUT2D eigenvalue weighted by Crippen LogP contribution is -2.13. The smallest absolute Gasteiger partial charge is 0.176 e. The van der Waals surface area contributed by atoms with Crippen LogP contribution in [0.3, 0.4) is 0 Å². The maximum atomic E-state index is 11.3. The molecule has 15 heavy (non-hydrogen) atoms. The molecule has 80 valence electrons. The molecule has 0 aliphatic heterocycles. The lowest BCUT2D eigenvalue weighted by atomic mass is 9.96. The van der Waals surface area contributed by atoms with Crippen LogP contribution in [0.4, 0.5) is 0 Å². The van der Waals surface area contributed by atoms with E-state index >= 15 is 0 Å². The molecule has 1 saturated carbocycles. The molecule has 2 heteroatoms. The number of ketones is 1. The average Bonchev–Trinajstić information content (AvgIpc) is 2.82. The highest BCUT2D eigenvalue weighted by atomic mass is 16.1. The molecule has 2 rings (SSSR count). The van der Waals surface area contributed by atoms with Crippen molar-refractivity contribution in [3.8, 4) is 0 Å². The van der Waals surface area contributed by atoms with Gasteiger partial charge in [-0.3, -0.25) is 4.79 Å². The minimum absolute atomic E-state index is 0.0213. The number of benzene rings is 1. The summed E-state index contributed by atoms with van der Waals surface area (Å²) in [4.78, 5) is 11.3. The summed E-state index contributed by atoms with van der Waals surface area (Å²) in [5, 5.41) is 0. The molecule has 0 radical (unpaired) electrons. The van der Waals surface area contributed by atoms with Gasteiger partial charge in [0.05, 0.1) is 6.54 Å². The molecule has 1 aliphatic carbocycles. The van der Waals surface area contributed by atoms with Crippen LogP contribution in [0.25, 0.3) is 0 Å². The van der Waals surface area contributed by atoms with Crippen LogP contribution in [0.1, 0.15) is 47.5 Å². The second kappa shape index (κ2) is 4.58. The van der Waals surface area contributed by atoms with Gasteiger partial charge in [0.25, 0.3) is 0 Å². The minimum Gasteiger partial charge on any atom is -0.324 e. The number of carbonyl (C=O) groups excluding carboxylic acids is 1. The maximum Gasteiger partial charge on any atom is 0.176 e. The summed E-state index contributed by atoms with van der Waals surface area (Å²) >= 11 is 0. The van der Waals surface area contributed by atoms with Crippen LogP contribution >= 0.6 is 0 Å². The first-order valence-corrected chi connectivity index (χ1v) is 5.64. The Bertz CT molecular complexity index is 336. The quantitative estimate of drug-likeness (QED) is 0.767. The van der Waals surface area contributed by atoms with E-state index < -0.39 is 0 Å². The Morgan fingerprint density at radius 3 is 2.33 bits per heavy atom. The number of nitrogens with two attached hydrogens (primary N) is 1. The minimum atomic E-state index is 0.0213. The summed E-state index contributed by atoms with van der Waals surface area (Å²) in [6, 6.07) is 7.98. The molecule has 2 nitrogen and oxygen atoms in total. The highest BCUT2D eigenvalue weighted by molar-refractivity contribution is 5.97. The van der Waals surface area contributed by atoms with Gasteiger partial charge in [-0.15, -0.1) is 0 Å². The maximum absolute atomic E-state index is 11.3. The van der Waals surface area contributed by atoms with E-state index in [-0.39, 0.29) is 12.3 Å². The van der Waals surface area contributed by atoms with Crippen LogP contribution in [-0.2, 0) is 0 Å². The molecule has 1 aromatic rings. The van der Waals surface area contributed by atoms with E-state index in [9.17, 15) is 4.79 Å². The van der Waals surface area contributed by atoms with Gasteiger partial charge in [-0.2, -0.15) is 0 Å². The molecule has 0 bridgehead atoms. The Hall–Kier alpha value is -1.15. The number of carbonyl (C=O) groups is 1. The SMILES string of the molecule is NCC(=O)c1ccc(C2CCCC2)cc1. The summed E-state index contributed by atoms with van der Waals surface area (Å²) in [6.07, 6.45) is 5.27. The lowest BCUT2D eigenvalue weighted by Gasteiger charge is -2.09. The fourth-order valence-electron chi connectivity index (χ4n) is 2.32. The van der Waals surface area contributed by atoms with Gasteiger partial charge in [0.1, 0.15) is 0 Å². The van der Waals surface area contributed by atoms with Gasteiger partial charge in [-0.05, 0) is 24.3 Å². The standard InChI is InChI=1S/C13H17NO/c14-9-13(15)12-7-5-11(6-8-12)10-3-1-2-4-10/h5-8,10H,1-4,9,14H2. The average molecular weight is 203 g/mol. The fraction of sp³-hybridized carbons (Fsp3) is 0.462. The van der Waals surface area contributed by atoms with Crippen molar-refractivity contribution in [1.29, 1.82) is 0 Å². The van der Waals surface area contributed by atoms with Crippen LogP contribution in [0.2, 0.25) is 0 Å². The topological polar surface area (TPSA) is 43.1 Å². The van der Waals surface area contributed by atoms with E-state index in [2.05, 4.69) is 12.1 Å². The summed E-state index contributed by atoms with van der Waals surface area (Å²) in [5.41, 5.74) is 7.43. The van der Waals surface area contributed by atoms with Crippen LogP contribution in [0.15, 0.2) is 24.3 Å². The first-order valence-electron chi connectivity index (χ1n) is 5.64. The number of hydrogen-bond donors (Lipinski definition) is 1. The van der Waals surface area contributed by atoms with Gasteiger partial charge in [-0.25, -0.2) is 0 Å². The molecule has 2 N–H and O–H groups in total. The summed E-state index contributed by atoms with van der Waals surface area (Å²) < 4.78 is 0. The molecule has 1 aliphatic rings. The normalized spacial score (nSPS) is 16.9. The molecule has 0 atom stereocenters. The Labute approximate surface area is 90.5 Å². The van der Waals surface area contributed by atoms with Gasteiger partial charge in [0.15, 0.2) is 5.78 Å². The van der Waals surface area contributed by atoms with E-state index in [4.69, 9.17) is 5.73 Å². The molecule has 0 aromatic heterocycles. The fourth-order valence-corrected chi connectivity index (χ4v) is 2.32. The van der Waals surface area contributed by atoms with Gasteiger partial charge in [0, 0.05) is 5.56 Å². The zero-order valence-electron chi connectivity index (χ0n) is 8.91. The van der Waals surface area contributed by atoms with Gasteiger partial charge < -0.3 is 5.73 Å². The highest BCUT2D eigenvalue weighted by Gasteiger charge is 2.16. The van der Waals surface area contributed by atoms with Crippen molar-refractivity contribution in [2.75, 3.05) is 6.54 Å². The van der Waals surface area contributed by atoms with E-state index in [1.54, 1.807) is 0 Å². The van der Waals surface area contributed by atoms with Crippen molar-refractivity contribution in [2.45, 2.75) is 31.6 Å². The van der Waals surface area contributed by atoms with Crippen LogP contribution in [0, 0.1) is 0 Å². The van der Waals surface area contributed by atoms with Gasteiger partial charge >= 0.3 is 0 Å². The van der Waals surface area contributed by atoms with Crippen LogP contribution < -0.4 is 5.73 Å². The molecule has 0 unspecified atom stereocenters. The third-order valence-electron chi connectivity index (χ3n) is 3.24. The lowest BCUT2D eigenvalue weighted by molar-refractivity contribution is 0.100. The Kier molecular flexibility index (Phi) is 3.17. The van der Waals surface area contributed by atoms with Crippen molar-refractivity contribution in [2.24, 2.45) is 5.73 Å². The molecule has 1 aromatic carbocycles. The van der Waals surface area contributed by atoms with Crippen molar-refractivity contribution in [3.63, 3.8) is 0 Å². The summed E-state index contributed by atoms with van der Waals surface area (Å²) in [7, 11) is 0. The van der Waals surface area contributed by atoms with E-state index in [1.807, 2.05) is 12.1 Å². The van der Waals surface area contributed by atoms with Gasteiger partial charge in [0.2, 0.25) is 0 Å². The zero-order valence-corrected chi connectivity index (χ0v) is 8.91. The molecular formula is C13H17NO. The third kappa shape index (κ3) is 2.26. The predicted octanol–water partition coefficient (Wildman–Crippen LogP) is 2.49. The first kappa shape index (κ1) is 10.4. The monoisotopic (exact) mass is 203 g/mol. The molecule has 0 heterocycles. The van der Waals surface area contributed by atoms with Crippen molar-refractivity contribution >= 4 is 5.78 Å². The Morgan fingerprint density at radius 1 is 1.20 bits per heavy atom. The molecule has 0 spiro atoms. The Morgan fingerprint density at radius 2 is 1.80 bits per heavy atom. The summed E-state index contributed by atoms with van der Waals surface area (Å²) in [5.74, 6) is 0.736. The number of hydrogen-bond acceptors (Lipinski definition) is 2. The highest BCUT2D eigenvalue weighted by Crippen LogP contribution is 2.33. The van der Waals surface area contributed by atoms with Crippen LogP contribution in [-0.4, -0.2) is 12.3 Å². The largest absolute Gasteiger partial charge is 0.324 e. The molecular weight excluding hydrogens is 186 g/mol. The summed E-state index contributed by atoms with van der Waals surface area (Å²) in [6.45, 7) is 0.1000. The van der Waals surface area contributed by atoms with E-state index in [1.165, 1.54) is 31.2 Å². The molecule has 1 fully saturated rings. The predicted molar refractivity (Wildman–Crippen MR) is 61.0 cm³/mol. The van der Waals surface area contributed by atoms with E-state index in [0.29, 0.717) is 5.92 Å². The molecule has 0 amide bonds. The number of rotatable bonds is 3. The second-order valence-corrected chi connectivity index (χ2v) is 4.23.